The first-order valence-corrected chi connectivity index (χ1v) is 10.4. The fourth-order valence-corrected chi connectivity index (χ4v) is 4.82. The molecule has 3 rings (SSSR count). The maximum absolute atomic E-state index is 13.9. The van der Waals surface area contributed by atoms with E-state index in [2.05, 4.69) is 11.4 Å². The number of nitriles is 1. The van der Waals surface area contributed by atoms with Crippen LogP contribution in [0.2, 0.25) is 0 Å². The summed E-state index contributed by atoms with van der Waals surface area (Å²) >= 11 is 0. The first kappa shape index (κ1) is 19.7. The summed E-state index contributed by atoms with van der Waals surface area (Å²) in [6.45, 7) is 2.95. The summed E-state index contributed by atoms with van der Waals surface area (Å²) in [5.74, 6) is -0.805. The van der Waals surface area contributed by atoms with Gasteiger partial charge in [0.1, 0.15) is 16.3 Å². The average Bonchev–Trinajstić information content (AvgIpc) is 3.48. The van der Waals surface area contributed by atoms with Crippen LogP contribution in [0.25, 0.3) is 0 Å². The molecule has 1 aliphatic carbocycles. The van der Waals surface area contributed by atoms with E-state index in [-0.39, 0.29) is 36.4 Å². The Labute approximate surface area is 158 Å². The third-order valence-corrected chi connectivity index (χ3v) is 7.11. The van der Waals surface area contributed by atoms with Crippen LogP contribution < -0.4 is 5.32 Å². The minimum absolute atomic E-state index is 0.109. The van der Waals surface area contributed by atoms with Gasteiger partial charge in [0.05, 0.1) is 12.6 Å². The highest BCUT2D eigenvalue weighted by molar-refractivity contribution is 7.89. The zero-order valence-corrected chi connectivity index (χ0v) is 16.0. The summed E-state index contributed by atoms with van der Waals surface area (Å²) in [6, 6.07) is 7.50. The molecule has 1 heterocycles. The van der Waals surface area contributed by atoms with Crippen LogP contribution in [0.3, 0.4) is 0 Å². The number of carbonyl (C=O) groups excluding carboxylic acids is 1. The smallest absolute Gasteiger partial charge is 0.246 e. The monoisotopic (exact) mass is 394 g/mol. The number of amides is 1. The second-order valence-electron chi connectivity index (χ2n) is 7.25. The van der Waals surface area contributed by atoms with Crippen LogP contribution in [0.5, 0.6) is 0 Å². The van der Waals surface area contributed by atoms with Gasteiger partial charge >= 0.3 is 0 Å². The molecule has 0 unspecified atom stereocenters. The Balaban J connectivity index is 1.55. The number of nitrogens with zero attached hydrogens (tertiary/aromatic N) is 3. The van der Waals surface area contributed by atoms with Crippen LogP contribution in [0.15, 0.2) is 29.2 Å². The van der Waals surface area contributed by atoms with Gasteiger partial charge in [0.15, 0.2) is 0 Å². The molecule has 7 nitrogen and oxygen atoms in total. The van der Waals surface area contributed by atoms with Crippen LogP contribution >= 0.6 is 0 Å². The van der Waals surface area contributed by atoms with Gasteiger partial charge in [-0.1, -0.05) is 12.1 Å². The van der Waals surface area contributed by atoms with Crippen molar-refractivity contribution < 1.29 is 17.6 Å². The molecule has 1 saturated heterocycles. The number of piperazine rings is 1. The molecular formula is C18H23FN4O3S. The fourth-order valence-electron chi connectivity index (χ4n) is 3.34. The second-order valence-corrected chi connectivity index (χ2v) is 9.15. The predicted molar refractivity (Wildman–Crippen MR) is 96.5 cm³/mol. The van der Waals surface area contributed by atoms with Gasteiger partial charge in [-0.05, 0) is 37.8 Å². The van der Waals surface area contributed by atoms with E-state index in [9.17, 15) is 22.9 Å². The number of hydrogen-bond acceptors (Lipinski definition) is 5. The predicted octanol–water partition coefficient (Wildman–Crippen LogP) is 0.940. The first-order chi connectivity index (χ1) is 12.8. The highest BCUT2D eigenvalue weighted by Gasteiger charge is 2.43. The van der Waals surface area contributed by atoms with Gasteiger partial charge in [-0.25, -0.2) is 12.8 Å². The molecule has 0 radical (unpaired) electrons. The van der Waals surface area contributed by atoms with E-state index in [0.29, 0.717) is 13.1 Å². The zero-order valence-electron chi connectivity index (χ0n) is 15.2. The average molecular weight is 394 g/mol. The van der Waals surface area contributed by atoms with Crippen LogP contribution in [-0.2, 0) is 14.8 Å². The van der Waals surface area contributed by atoms with Crippen molar-refractivity contribution in [1.29, 1.82) is 5.26 Å². The lowest BCUT2D eigenvalue weighted by atomic mass is 9.98. The van der Waals surface area contributed by atoms with Crippen LogP contribution in [0.1, 0.15) is 19.8 Å². The normalized spacial score (nSPS) is 21.2. The molecule has 1 aromatic rings. The summed E-state index contributed by atoms with van der Waals surface area (Å²) < 4.78 is 40.3. The van der Waals surface area contributed by atoms with Gasteiger partial charge in [-0.3, -0.25) is 9.69 Å². The number of benzene rings is 1. The van der Waals surface area contributed by atoms with E-state index in [1.165, 1.54) is 22.5 Å². The van der Waals surface area contributed by atoms with Gasteiger partial charge in [-0.2, -0.15) is 9.57 Å². The molecule has 2 aliphatic rings. The Morgan fingerprint density at radius 1 is 1.30 bits per heavy atom. The molecule has 2 fully saturated rings. The summed E-state index contributed by atoms with van der Waals surface area (Å²) in [5, 5.41) is 12.1. The van der Waals surface area contributed by atoms with Gasteiger partial charge in [0.2, 0.25) is 15.9 Å². The van der Waals surface area contributed by atoms with Gasteiger partial charge in [-0.15, -0.1) is 0 Å². The Kier molecular flexibility index (Phi) is 5.51. The lowest BCUT2D eigenvalue weighted by Crippen LogP contribution is -2.54. The number of sulfonamides is 1. The molecular weight excluding hydrogens is 371 g/mol. The molecule has 9 heteroatoms. The molecule has 1 atom stereocenters. The van der Waals surface area contributed by atoms with Crippen molar-refractivity contribution in [2.45, 2.75) is 30.2 Å². The second kappa shape index (κ2) is 7.54. The van der Waals surface area contributed by atoms with Crippen molar-refractivity contribution in [2.24, 2.45) is 5.92 Å². The van der Waals surface area contributed by atoms with E-state index >= 15 is 0 Å². The lowest BCUT2D eigenvalue weighted by molar-refractivity contribution is -0.123. The van der Waals surface area contributed by atoms with Crippen LogP contribution in [0, 0.1) is 23.1 Å². The van der Waals surface area contributed by atoms with Crippen LogP contribution in [-0.4, -0.2) is 61.8 Å². The quantitative estimate of drug-likeness (QED) is 0.775. The molecule has 0 aromatic heterocycles. The summed E-state index contributed by atoms with van der Waals surface area (Å²) in [5.41, 5.74) is -0.840. The van der Waals surface area contributed by atoms with E-state index in [1.54, 1.807) is 6.92 Å². The van der Waals surface area contributed by atoms with E-state index in [4.69, 9.17) is 0 Å². The first-order valence-electron chi connectivity index (χ1n) is 8.95. The Morgan fingerprint density at radius 2 is 1.93 bits per heavy atom. The Bertz CT molecular complexity index is 858. The number of halogens is 1. The summed E-state index contributed by atoms with van der Waals surface area (Å²) in [7, 11) is -3.89. The zero-order chi connectivity index (χ0) is 19.7. The molecule has 1 saturated carbocycles. The van der Waals surface area contributed by atoms with Crippen molar-refractivity contribution >= 4 is 15.9 Å². The van der Waals surface area contributed by atoms with Crippen molar-refractivity contribution in [2.75, 3.05) is 32.7 Å². The maximum atomic E-state index is 13.9. The summed E-state index contributed by atoms with van der Waals surface area (Å²) in [6.07, 6.45) is 1.88. The topological polar surface area (TPSA) is 93.5 Å². The number of nitrogens with one attached hydrogen (secondary N) is 1. The summed E-state index contributed by atoms with van der Waals surface area (Å²) in [4.78, 5) is 13.8. The largest absolute Gasteiger partial charge is 0.337 e. The number of carbonyl (C=O) groups is 1. The van der Waals surface area contributed by atoms with Crippen molar-refractivity contribution in [3.63, 3.8) is 0 Å². The lowest BCUT2D eigenvalue weighted by Gasteiger charge is -2.34. The maximum Gasteiger partial charge on any atom is 0.246 e. The molecule has 27 heavy (non-hydrogen) atoms. The van der Waals surface area contributed by atoms with Crippen LogP contribution in [0.4, 0.5) is 4.39 Å². The molecule has 1 aliphatic heterocycles. The minimum Gasteiger partial charge on any atom is -0.337 e. The van der Waals surface area contributed by atoms with Gasteiger partial charge < -0.3 is 5.32 Å². The van der Waals surface area contributed by atoms with E-state index in [1.807, 2.05) is 4.90 Å². The highest BCUT2D eigenvalue weighted by Crippen LogP contribution is 2.39. The van der Waals surface area contributed by atoms with Gasteiger partial charge in [0.25, 0.3) is 0 Å². The Hall–Kier alpha value is -2.02. The molecule has 1 N–H and O–H groups in total. The Morgan fingerprint density at radius 3 is 2.48 bits per heavy atom. The molecule has 1 aromatic carbocycles. The van der Waals surface area contributed by atoms with Crippen molar-refractivity contribution in [3.05, 3.63) is 30.1 Å². The number of hydrogen-bond donors (Lipinski definition) is 1. The van der Waals surface area contributed by atoms with Gasteiger partial charge in [0, 0.05) is 26.2 Å². The van der Waals surface area contributed by atoms with Crippen molar-refractivity contribution in [3.8, 4) is 6.07 Å². The van der Waals surface area contributed by atoms with Crippen molar-refractivity contribution in [1.82, 2.24) is 14.5 Å². The third kappa shape index (κ3) is 4.29. The van der Waals surface area contributed by atoms with E-state index < -0.39 is 21.4 Å². The SMILES string of the molecule is C[C@](C#N)(NC(=O)CN1CCN(S(=O)(=O)c2ccccc2F)CC1)C1CC1. The fraction of sp³-hybridized carbons (Fsp3) is 0.556. The van der Waals surface area contributed by atoms with E-state index in [0.717, 1.165) is 18.9 Å². The molecule has 1 amide bonds. The highest BCUT2D eigenvalue weighted by atomic mass is 32.2. The molecule has 0 bridgehead atoms. The number of rotatable bonds is 6. The third-order valence-electron chi connectivity index (χ3n) is 5.18. The minimum atomic E-state index is -3.89. The molecule has 146 valence electrons. The molecule has 0 spiro atoms. The standard InChI is InChI=1S/C18H23FN4O3S/c1-18(13-20,14-6-7-14)21-17(24)12-22-8-10-23(11-9-22)27(25,26)16-5-3-2-4-15(16)19/h2-5,14H,6-12H2,1H3,(H,21,24)/t18-/m1/s1.